The predicted octanol–water partition coefficient (Wildman–Crippen LogP) is 1.50. The van der Waals surface area contributed by atoms with E-state index in [9.17, 15) is 19.2 Å². The third-order valence-electron chi connectivity index (χ3n) is 4.60. The number of amides is 5. The Morgan fingerprint density at radius 3 is 2.31 bits per heavy atom. The van der Waals surface area contributed by atoms with Crippen LogP contribution >= 0.6 is 0 Å². The lowest BCUT2D eigenvalue weighted by atomic mass is 9.99. The van der Waals surface area contributed by atoms with Gasteiger partial charge in [0.15, 0.2) is 0 Å². The molecular weight excluding hydrogens is 334 g/mol. The number of hydrogen-bond donors (Lipinski definition) is 0. The summed E-state index contributed by atoms with van der Waals surface area (Å²) in [6.45, 7) is 3.82. The molecule has 3 rings (SSSR count). The third-order valence-corrected chi connectivity index (χ3v) is 4.60. The van der Waals surface area contributed by atoms with Crippen LogP contribution in [0.1, 0.15) is 25.8 Å². The van der Waals surface area contributed by atoms with E-state index in [0.29, 0.717) is 19.5 Å². The van der Waals surface area contributed by atoms with E-state index in [1.54, 1.807) is 18.7 Å². The third kappa shape index (κ3) is 3.24. The van der Waals surface area contributed by atoms with E-state index in [-0.39, 0.29) is 5.91 Å². The first-order valence-corrected chi connectivity index (χ1v) is 8.61. The monoisotopic (exact) mass is 355 g/mol. The fourth-order valence-electron chi connectivity index (χ4n) is 3.16. The smallest absolute Gasteiger partial charge is 0.334 e. The van der Waals surface area contributed by atoms with Crippen LogP contribution in [0.2, 0.25) is 0 Å². The van der Waals surface area contributed by atoms with E-state index in [4.69, 9.17) is 0 Å². The molecule has 1 saturated heterocycles. The number of urea groups is 1. The van der Waals surface area contributed by atoms with Gasteiger partial charge in [0.2, 0.25) is 5.91 Å². The number of rotatable bonds is 4. The molecule has 26 heavy (non-hydrogen) atoms. The number of carbonyl (C=O) groups excluding carboxylic acids is 4. The van der Waals surface area contributed by atoms with Gasteiger partial charge in [-0.05, 0) is 31.4 Å². The molecule has 1 aromatic carbocycles. The van der Waals surface area contributed by atoms with Gasteiger partial charge < -0.3 is 4.90 Å². The summed E-state index contributed by atoms with van der Waals surface area (Å²) < 4.78 is 0. The Bertz CT molecular complexity index is 785. The first-order valence-electron chi connectivity index (χ1n) is 8.61. The first-order chi connectivity index (χ1) is 12.4. The van der Waals surface area contributed by atoms with Crippen LogP contribution in [-0.4, -0.2) is 64.1 Å². The van der Waals surface area contributed by atoms with Crippen LogP contribution in [0.15, 0.2) is 36.4 Å². The zero-order valence-electron chi connectivity index (χ0n) is 14.8. The largest absolute Gasteiger partial charge is 0.337 e. The lowest BCUT2D eigenvalue weighted by Crippen LogP contribution is -2.45. The van der Waals surface area contributed by atoms with Crippen LogP contribution in [-0.2, 0) is 14.4 Å². The Morgan fingerprint density at radius 1 is 1.08 bits per heavy atom. The zero-order chi connectivity index (χ0) is 18.8. The highest BCUT2D eigenvalue weighted by Gasteiger charge is 2.46. The van der Waals surface area contributed by atoms with E-state index in [0.717, 1.165) is 15.4 Å². The quantitative estimate of drug-likeness (QED) is 0.606. The maximum Gasteiger partial charge on any atom is 0.334 e. The van der Waals surface area contributed by atoms with Gasteiger partial charge in [-0.15, -0.1) is 0 Å². The predicted molar refractivity (Wildman–Crippen MR) is 94.7 cm³/mol. The zero-order valence-corrected chi connectivity index (χ0v) is 14.8. The Hall–Kier alpha value is -2.96. The van der Waals surface area contributed by atoms with Crippen molar-refractivity contribution in [3.05, 3.63) is 42.0 Å². The maximum absolute atomic E-state index is 12.5. The molecule has 2 aliphatic heterocycles. The lowest BCUT2D eigenvalue weighted by Gasteiger charge is -2.28. The SMILES string of the molecule is CC(C)N1C(=O)C(=O)N(CC(=O)N2CC=C(c3ccccc3)CC2)C1=O. The molecule has 0 unspecified atom stereocenters. The van der Waals surface area contributed by atoms with Gasteiger partial charge in [-0.1, -0.05) is 36.4 Å². The molecule has 5 amide bonds. The standard InChI is InChI=1S/C19H21N3O4/c1-13(2)22-18(25)17(24)21(19(22)26)12-16(23)20-10-8-15(9-11-20)14-6-4-3-5-7-14/h3-8,13H,9-12H2,1-2H3. The summed E-state index contributed by atoms with van der Waals surface area (Å²) in [6.07, 6.45) is 2.69. The van der Waals surface area contributed by atoms with Crippen LogP contribution in [0, 0.1) is 0 Å². The highest BCUT2D eigenvalue weighted by molar-refractivity contribution is 6.45. The van der Waals surface area contributed by atoms with Gasteiger partial charge in [-0.2, -0.15) is 0 Å². The minimum Gasteiger partial charge on any atom is -0.337 e. The van der Waals surface area contributed by atoms with E-state index in [1.165, 1.54) is 5.57 Å². The second kappa shape index (κ2) is 7.11. The second-order valence-corrected chi connectivity index (χ2v) is 6.63. The van der Waals surface area contributed by atoms with Gasteiger partial charge in [0.1, 0.15) is 6.54 Å². The van der Waals surface area contributed by atoms with E-state index in [1.807, 2.05) is 36.4 Å². The van der Waals surface area contributed by atoms with Crippen molar-refractivity contribution < 1.29 is 19.2 Å². The first kappa shape index (κ1) is 17.8. The molecule has 1 aromatic rings. The highest BCUT2D eigenvalue weighted by Crippen LogP contribution is 2.22. The van der Waals surface area contributed by atoms with Crippen LogP contribution in [0.5, 0.6) is 0 Å². The van der Waals surface area contributed by atoms with Crippen LogP contribution < -0.4 is 0 Å². The summed E-state index contributed by atoms with van der Waals surface area (Å²) in [7, 11) is 0. The van der Waals surface area contributed by atoms with Crippen LogP contribution in [0.4, 0.5) is 4.79 Å². The summed E-state index contributed by atoms with van der Waals surface area (Å²) in [5.74, 6) is -2.15. The molecule has 1 fully saturated rings. The minimum absolute atomic E-state index is 0.339. The Balaban J connectivity index is 1.65. The molecule has 7 nitrogen and oxygen atoms in total. The van der Waals surface area contributed by atoms with Crippen molar-refractivity contribution in [2.45, 2.75) is 26.3 Å². The molecule has 0 aromatic heterocycles. The number of nitrogens with zero attached hydrogens (tertiary/aromatic N) is 3. The molecule has 0 atom stereocenters. The van der Waals surface area contributed by atoms with Gasteiger partial charge in [-0.3, -0.25) is 19.3 Å². The number of benzene rings is 1. The molecule has 136 valence electrons. The molecule has 0 radical (unpaired) electrons. The molecule has 0 N–H and O–H groups in total. The van der Waals surface area contributed by atoms with Crippen molar-refractivity contribution in [2.75, 3.05) is 19.6 Å². The average molecular weight is 355 g/mol. The molecule has 0 aliphatic carbocycles. The molecule has 7 heteroatoms. The summed E-state index contributed by atoms with van der Waals surface area (Å²) in [5.41, 5.74) is 2.30. The molecule has 0 bridgehead atoms. The van der Waals surface area contributed by atoms with Crippen molar-refractivity contribution in [1.29, 1.82) is 0 Å². The Morgan fingerprint density at radius 2 is 1.77 bits per heavy atom. The van der Waals surface area contributed by atoms with Gasteiger partial charge in [0.05, 0.1) is 0 Å². The van der Waals surface area contributed by atoms with E-state index < -0.39 is 30.4 Å². The van der Waals surface area contributed by atoms with Crippen molar-refractivity contribution in [3.8, 4) is 0 Å². The molecule has 0 spiro atoms. The van der Waals surface area contributed by atoms with Gasteiger partial charge >= 0.3 is 17.8 Å². The lowest BCUT2D eigenvalue weighted by molar-refractivity contribution is -0.145. The molecule has 0 saturated carbocycles. The fourth-order valence-corrected chi connectivity index (χ4v) is 3.16. The highest BCUT2D eigenvalue weighted by atomic mass is 16.2. The van der Waals surface area contributed by atoms with Crippen molar-refractivity contribution in [2.24, 2.45) is 0 Å². The number of carbonyl (C=O) groups is 4. The van der Waals surface area contributed by atoms with E-state index >= 15 is 0 Å². The van der Waals surface area contributed by atoms with Crippen molar-refractivity contribution in [3.63, 3.8) is 0 Å². The van der Waals surface area contributed by atoms with Crippen molar-refractivity contribution in [1.82, 2.24) is 14.7 Å². The number of imide groups is 2. The summed E-state index contributed by atoms with van der Waals surface area (Å²) in [5, 5.41) is 0. The molecular formula is C19H21N3O4. The van der Waals surface area contributed by atoms with E-state index in [2.05, 4.69) is 0 Å². The normalized spacial score (nSPS) is 18.0. The van der Waals surface area contributed by atoms with Gasteiger partial charge in [-0.25, -0.2) is 9.69 Å². The van der Waals surface area contributed by atoms with Crippen molar-refractivity contribution >= 4 is 29.3 Å². The van der Waals surface area contributed by atoms with Gasteiger partial charge in [0, 0.05) is 19.1 Å². The Labute approximate surface area is 151 Å². The number of hydrogen-bond acceptors (Lipinski definition) is 4. The molecule has 2 heterocycles. The minimum atomic E-state index is -0.936. The second-order valence-electron chi connectivity index (χ2n) is 6.63. The topological polar surface area (TPSA) is 78.0 Å². The average Bonchev–Trinajstić information content (AvgIpc) is 2.86. The maximum atomic E-state index is 12.5. The summed E-state index contributed by atoms with van der Waals surface area (Å²) in [4.78, 5) is 51.9. The summed E-state index contributed by atoms with van der Waals surface area (Å²) in [6, 6.07) is 8.79. The Kier molecular flexibility index (Phi) is 4.88. The van der Waals surface area contributed by atoms with Crippen LogP contribution in [0.25, 0.3) is 5.57 Å². The van der Waals surface area contributed by atoms with Crippen LogP contribution in [0.3, 0.4) is 0 Å². The van der Waals surface area contributed by atoms with Gasteiger partial charge in [0.25, 0.3) is 0 Å². The molecule has 2 aliphatic rings. The summed E-state index contributed by atoms with van der Waals surface area (Å²) >= 11 is 0. The fraction of sp³-hybridized carbons (Fsp3) is 0.368.